The number of hydrogen-bond donors (Lipinski definition) is 0. The Bertz CT molecular complexity index is 385. The number of Topliss-reactive ketones (excluding diaryl/α,β-unsaturated/α-hetero) is 1. The molecule has 0 fully saturated rings. The summed E-state index contributed by atoms with van der Waals surface area (Å²) in [7, 11) is 0. The molecule has 0 amide bonds. The highest BCUT2D eigenvalue weighted by Gasteiger charge is 2.34. The summed E-state index contributed by atoms with van der Waals surface area (Å²) in [5.74, 6) is 1.22. The van der Waals surface area contributed by atoms with Crippen molar-refractivity contribution in [3.63, 3.8) is 0 Å². The van der Waals surface area contributed by atoms with Crippen molar-refractivity contribution < 1.29 is 4.79 Å². The third-order valence-electron chi connectivity index (χ3n) is 3.02. The van der Waals surface area contributed by atoms with Crippen LogP contribution in [0.5, 0.6) is 0 Å². The van der Waals surface area contributed by atoms with E-state index < -0.39 is 0 Å². The first-order valence-electron chi connectivity index (χ1n) is 5.27. The first-order chi connectivity index (χ1) is 7.02. The lowest BCUT2D eigenvalue weighted by Gasteiger charge is -2.25. The van der Waals surface area contributed by atoms with Crippen LogP contribution in [0.15, 0.2) is 34.8 Å². The van der Waals surface area contributed by atoms with Gasteiger partial charge >= 0.3 is 0 Å². The molecule has 0 aromatic carbocycles. The molecule has 2 heteroatoms. The molecule has 1 heterocycles. The lowest BCUT2D eigenvalue weighted by Crippen LogP contribution is -2.21. The molecule has 1 aliphatic carbocycles. The molecule has 0 atom stereocenters. The predicted octanol–water partition coefficient (Wildman–Crippen LogP) is 3.49. The van der Waals surface area contributed by atoms with Gasteiger partial charge in [0.1, 0.15) is 0 Å². The minimum absolute atomic E-state index is 0.129. The van der Waals surface area contributed by atoms with Crippen molar-refractivity contribution in [2.24, 2.45) is 5.41 Å². The van der Waals surface area contributed by atoms with Gasteiger partial charge in [0, 0.05) is 16.7 Å². The Hall–Kier alpha value is -0.760. The number of carbonyl (C=O) groups excluding carboxylic acids is 1. The van der Waals surface area contributed by atoms with Gasteiger partial charge in [-0.25, -0.2) is 0 Å². The minimum Gasteiger partial charge on any atom is -0.289 e. The number of rotatable bonds is 1. The predicted molar refractivity (Wildman–Crippen MR) is 65.8 cm³/mol. The molecule has 0 aromatic heterocycles. The topological polar surface area (TPSA) is 17.1 Å². The van der Waals surface area contributed by atoms with Crippen LogP contribution in [-0.4, -0.2) is 11.5 Å². The summed E-state index contributed by atoms with van der Waals surface area (Å²) < 4.78 is 0. The third kappa shape index (κ3) is 1.83. The van der Waals surface area contributed by atoms with Gasteiger partial charge in [0.25, 0.3) is 0 Å². The van der Waals surface area contributed by atoms with Crippen LogP contribution in [0, 0.1) is 5.41 Å². The number of hydrogen-bond acceptors (Lipinski definition) is 2. The van der Waals surface area contributed by atoms with E-state index in [1.807, 2.05) is 0 Å². The fraction of sp³-hybridized carbons (Fsp3) is 0.462. The zero-order valence-corrected chi connectivity index (χ0v) is 10.1. The molecule has 0 unspecified atom stereocenters. The Labute approximate surface area is 95.3 Å². The smallest absolute Gasteiger partial charge is 0.188 e. The van der Waals surface area contributed by atoms with E-state index in [1.54, 1.807) is 11.8 Å². The summed E-state index contributed by atoms with van der Waals surface area (Å²) in [6, 6.07) is 0. The minimum atomic E-state index is 0.129. The first-order valence-corrected chi connectivity index (χ1v) is 6.32. The SMILES string of the molecule is C=C1CCC=C(C2=CSCC2(C)C)C1=O. The van der Waals surface area contributed by atoms with Crippen LogP contribution in [0.25, 0.3) is 0 Å². The molecule has 80 valence electrons. The first kappa shape index (κ1) is 10.7. The molecule has 0 spiro atoms. The van der Waals surface area contributed by atoms with E-state index in [2.05, 4.69) is 31.9 Å². The lowest BCUT2D eigenvalue weighted by molar-refractivity contribution is -0.112. The van der Waals surface area contributed by atoms with E-state index in [4.69, 9.17) is 0 Å². The number of carbonyl (C=O) groups is 1. The number of allylic oxidation sites excluding steroid dienone is 4. The molecular formula is C13H16OS. The van der Waals surface area contributed by atoms with Crippen LogP contribution in [0.2, 0.25) is 0 Å². The molecular weight excluding hydrogens is 204 g/mol. The van der Waals surface area contributed by atoms with E-state index >= 15 is 0 Å². The summed E-state index contributed by atoms with van der Waals surface area (Å²) >= 11 is 1.80. The largest absolute Gasteiger partial charge is 0.289 e. The average molecular weight is 220 g/mol. The van der Waals surface area contributed by atoms with Crippen LogP contribution in [0.4, 0.5) is 0 Å². The molecule has 0 saturated carbocycles. The molecule has 1 aliphatic heterocycles. The van der Waals surface area contributed by atoms with Crippen molar-refractivity contribution in [1.29, 1.82) is 0 Å². The van der Waals surface area contributed by atoms with Crippen LogP contribution < -0.4 is 0 Å². The summed E-state index contributed by atoms with van der Waals surface area (Å²) in [4.78, 5) is 12.0. The summed E-state index contributed by atoms with van der Waals surface area (Å²) in [6.07, 6.45) is 3.86. The van der Waals surface area contributed by atoms with Gasteiger partial charge in [-0.2, -0.15) is 0 Å². The third-order valence-corrected chi connectivity index (χ3v) is 4.32. The number of thioether (sulfide) groups is 1. The lowest BCUT2D eigenvalue weighted by atomic mass is 9.78. The van der Waals surface area contributed by atoms with Crippen molar-refractivity contribution in [2.75, 3.05) is 5.75 Å². The molecule has 0 bridgehead atoms. The van der Waals surface area contributed by atoms with Gasteiger partial charge in [-0.1, -0.05) is 26.5 Å². The molecule has 2 aliphatic rings. The van der Waals surface area contributed by atoms with E-state index in [-0.39, 0.29) is 11.2 Å². The zero-order chi connectivity index (χ0) is 11.1. The number of ketones is 1. The molecule has 0 saturated heterocycles. The molecule has 0 radical (unpaired) electrons. The van der Waals surface area contributed by atoms with Crippen molar-refractivity contribution in [3.8, 4) is 0 Å². The Morgan fingerprint density at radius 2 is 2.20 bits per heavy atom. The Kier molecular flexibility index (Phi) is 2.63. The van der Waals surface area contributed by atoms with Gasteiger partial charge in [0.15, 0.2) is 5.78 Å². The molecule has 15 heavy (non-hydrogen) atoms. The van der Waals surface area contributed by atoms with E-state index in [9.17, 15) is 4.79 Å². The van der Waals surface area contributed by atoms with Gasteiger partial charge in [-0.05, 0) is 29.4 Å². The Morgan fingerprint density at radius 1 is 1.47 bits per heavy atom. The van der Waals surface area contributed by atoms with Crippen molar-refractivity contribution in [2.45, 2.75) is 26.7 Å². The van der Waals surface area contributed by atoms with Crippen LogP contribution in [0.3, 0.4) is 0 Å². The van der Waals surface area contributed by atoms with Crippen molar-refractivity contribution in [1.82, 2.24) is 0 Å². The molecule has 2 rings (SSSR count). The highest BCUT2D eigenvalue weighted by atomic mass is 32.2. The quantitative estimate of drug-likeness (QED) is 0.629. The fourth-order valence-electron chi connectivity index (χ4n) is 2.02. The standard InChI is InChI=1S/C13H16OS/c1-9-5-4-6-10(12(9)14)11-7-15-8-13(11,2)3/h6-7H,1,4-5,8H2,2-3H3. The maximum absolute atomic E-state index is 12.0. The zero-order valence-electron chi connectivity index (χ0n) is 9.30. The second-order valence-electron chi connectivity index (χ2n) is 4.82. The van der Waals surface area contributed by atoms with Crippen molar-refractivity contribution >= 4 is 17.5 Å². The Balaban J connectivity index is 2.36. The second kappa shape index (κ2) is 3.67. The fourth-order valence-corrected chi connectivity index (χ4v) is 3.29. The summed E-state index contributed by atoms with van der Waals surface area (Å²) in [5, 5.41) is 2.14. The highest BCUT2D eigenvalue weighted by Crippen LogP contribution is 2.44. The monoisotopic (exact) mass is 220 g/mol. The second-order valence-corrected chi connectivity index (χ2v) is 5.67. The molecule has 0 aromatic rings. The van der Waals surface area contributed by atoms with E-state index in [0.29, 0.717) is 0 Å². The summed E-state index contributed by atoms with van der Waals surface area (Å²) in [6.45, 7) is 8.24. The van der Waals surface area contributed by atoms with E-state index in [0.717, 1.165) is 29.7 Å². The van der Waals surface area contributed by atoms with Crippen molar-refractivity contribution in [3.05, 3.63) is 34.8 Å². The highest BCUT2D eigenvalue weighted by molar-refractivity contribution is 8.02. The average Bonchev–Trinajstić information content (AvgIpc) is 2.50. The van der Waals surface area contributed by atoms with Crippen LogP contribution in [-0.2, 0) is 4.79 Å². The molecule has 0 N–H and O–H groups in total. The summed E-state index contributed by atoms with van der Waals surface area (Å²) in [5.41, 5.74) is 3.00. The maximum atomic E-state index is 12.0. The normalized spacial score (nSPS) is 25.2. The van der Waals surface area contributed by atoms with E-state index in [1.165, 1.54) is 5.57 Å². The molecule has 1 nitrogen and oxygen atoms in total. The van der Waals surface area contributed by atoms with Gasteiger partial charge in [-0.15, -0.1) is 11.8 Å². The van der Waals surface area contributed by atoms with Crippen LogP contribution in [0.1, 0.15) is 26.7 Å². The van der Waals surface area contributed by atoms with Gasteiger partial charge < -0.3 is 0 Å². The van der Waals surface area contributed by atoms with Crippen LogP contribution >= 0.6 is 11.8 Å². The Morgan fingerprint density at radius 3 is 2.80 bits per heavy atom. The van der Waals surface area contributed by atoms with Gasteiger partial charge in [0.05, 0.1) is 0 Å². The maximum Gasteiger partial charge on any atom is 0.188 e. The van der Waals surface area contributed by atoms with Gasteiger partial charge in [0.2, 0.25) is 0 Å². The van der Waals surface area contributed by atoms with Gasteiger partial charge in [-0.3, -0.25) is 4.79 Å².